The first kappa shape index (κ1) is 15.6. The Morgan fingerprint density at radius 2 is 1.83 bits per heavy atom. The second-order valence-electron chi connectivity index (χ2n) is 5.81. The van der Waals surface area contributed by atoms with E-state index in [1.165, 1.54) is 0 Å². The lowest BCUT2D eigenvalue weighted by Gasteiger charge is -2.20. The van der Waals surface area contributed by atoms with Crippen LogP contribution in [0.2, 0.25) is 0 Å². The molecule has 1 aliphatic rings. The molecule has 4 heteroatoms. The molecule has 2 aromatic rings. The molecule has 120 valence electrons. The molecule has 1 amide bonds. The third-order valence-electron chi connectivity index (χ3n) is 3.98. The van der Waals surface area contributed by atoms with Crippen LogP contribution in [0.5, 0.6) is 11.5 Å². The van der Waals surface area contributed by atoms with Crippen LogP contribution in [-0.2, 0) is 16.1 Å². The highest BCUT2D eigenvalue weighted by molar-refractivity contribution is 5.78. The minimum Gasteiger partial charge on any atom is -0.457 e. The number of nitrogens with zero attached hydrogens (tertiary/aromatic N) is 1. The van der Waals surface area contributed by atoms with Crippen LogP contribution < -0.4 is 4.74 Å². The Hall–Kier alpha value is -2.33. The molecule has 0 N–H and O–H groups in total. The van der Waals surface area contributed by atoms with Crippen molar-refractivity contribution < 1.29 is 14.3 Å². The van der Waals surface area contributed by atoms with E-state index in [4.69, 9.17) is 9.47 Å². The molecule has 2 aromatic carbocycles. The third kappa shape index (κ3) is 4.11. The topological polar surface area (TPSA) is 38.8 Å². The molecular formula is C19H21NO3. The van der Waals surface area contributed by atoms with E-state index in [0.717, 1.165) is 23.5 Å². The Balaban J connectivity index is 1.57. The van der Waals surface area contributed by atoms with Crippen molar-refractivity contribution >= 4 is 5.91 Å². The van der Waals surface area contributed by atoms with Crippen molar-refractivity contribution in [3.63, 3.8) is 0 Å². The van der Waals surface area contributed by atoms with Crippen molar-refractivity contribution in [1.29, 1.82) is 0 Å². The van der Waals surface area contributed by atoms with Crippen LogP contribution >= 0.6 is 0 Å². The Morgan fingerprint density at radius 1 is 1.13 bits per heavy atom. The average Bonchev–Trinajstić information content (AvgIpc) is 3.11. The summed E-state index contributed by atoms with van der Waals surface area (Å²) in [6.07, 6.45) is 0.826. The molecule has 0 saturated carbocycles. The molecule has 0 spiro atoms. The van der Waals surface area contributed by atoms with E-state index in [0.29, 0.717) is 19.8 Å². The Bertz CT molecular complexity index is 633. The van der Waals surface area contributed by atoms with Crippen LogP contribution in [0.25, 0.3) is 0 Å². The molecule has 0 radical (unpaired) electrons. The summed E-state index contributed by atoms with van der Waals surface area (Å²) in [5, 5.41) is 0. The van der Waals surface area contributed by atoms with Crippen molar-refractivity contribution in [2.45, 2.75) is 13.0 Å². The predicted molar refractivity (Wildman–Crippen MR) is 88.4 cm³/mol. The van der Waals surface area contributed by atoms with Crippen molar-refractivity contribution in [1.82, 2.24) is 4.90 Å². The van der Waals surface area contributed by atoms with Gasteiger partial charge >= 0.3 is 0 Å². The first-order valence-corrected chi connectivity index (χ1v) is 7.87. The second-order valence-corrected chi connectivity index (χ2v) is 5.81. The highest BCUT2D eigenvalue weighted by Crippen LogP contribution is 2.22. The predicted octanol–water partition coefficient (Wildman–Crippen LogP) is 3.47. The van der Waals surface area contributed by atoms with Gasteiger partial charge in [0.1, 0.15) is 11.5 Å². The summed E-state index contributed by atoms with van der Waals surface area (Å²) >= 11 is 0. The molecule has 0 bridgehead atoms. The van der Waals surface area contributed by atoms with Gasteiger partial charge in [-0.1, -0.05) is 30.3 Å². The summed E-state index contributed by atoms with van der Waals surface area (Å²) in [5.41, 5.74) is 1.08. The standard InChI is InChI=1S/C19H21NO3/c1-20(19(21)16-11-12-22-14-16)13-15-7-9-18(10-8-15)23-17-5-3-2-4-6-17/h2-10,16H,11-14H2,1H3. The molecule has 0 aromatic heterocycles. The molecule has 0 aliphatic carbocycles. The number of amides is 1. The summed E-state index contributed by atoms with van der Waals surface area (Å²) in [5.74, 6) is 1.78. The molecule has 1 atom stereocenters. The number of hydrogen-bond donors (Lipinski definition) is 0. The number of benzene rings is 2. The van der Waals surface area contributed by atoms with Gasteiger partial charge in [-0.25, -0.2) is 0 Å². The van der Waals surface area contributed by atoms with Gasteiger partial charge in [0.05, 0.1) is 12.5 Å². The SMILES string of the molecule is CN(Cc1ccc(Oc2ccccc2)cc1)C(=O)C1CCOC1. The minimum absolute atomic E-state index is 0.0145. The van der Waals surface area contributed by atoms with Crippen molar-refractivity contribution in [2.24, 2.45) is 5.92 Å². The van der Waals surface area contributed by atoms with Gasteiger partial charge in [0.15, 0.2) is 0 Å². The molecular weight excluding hydrogens is 290 g/mol. The minimum atomic E-state index is 0.0145. The lowest BCUT2D eigenvalue weighted by molar-refractivity contribution is -0.134. The maximum absolute atomic E-state index is 12.3. The first-order chi connectivity index (χ1) is 11.2. The third-order valence-corrected chi connectivity index (χ3v) is 3.98. The lowest BCUT2D eigenvalue weighted by Crippen LogP contribution is -2.32. The summed E-state index contributed by atoms with van der Waals surface area (Å²) in [7, 11) is 1.84. The zero-order valence-corrected chi connectivity index (χ0v) is 13.3. The lowest BCUT2D eigenvalue weighted by atomic mass is 10.1. The number of carbonyl (C=O) groups excluding carboxylic acids is 1. The maximum Gasteiger partial charge on any atom is 0.228 e. The van der Waals surface area contributed by atoms with E-state index >= 15 is 0 Å². The molecule has 1 heterocycles. The van der Waals surface area contributed by atoms with Crippen LogP contribution in [0.4, 0.5) is 0 Å². The van der Waals surface area contributed by atoms with Gasteiger partial charge in [0, 0.05) is 20.2 Å². The van der Waals surface area contributed by atoms with Crippen molar-refractivity contribution in [3.05, 3.63) is 60.2 Å². The molecule has 23 heavy (non-hydrogen) atoms. The number of para-hydroxylation sites is 1. The van der Waals surface area contributed by atoms with Gasteiger partial charge < -0.3 is 14.4 Å². The Morgan fingerprint density at radius 3 is 2.48 bits per heavy atom. The summed E-state index contributed by atoms with van der Waals surface area (Å²) in [6.45, 7) is 1.84. The van der Waals surface area contributed by atoms with E-state index < -0.39 is 0 Å². The van der Waals surface area contributed by atoms with Gasteiger partial charge in [-0.2, -0.15) is 0 Å². The number of hydrogen-bond acceptors (Lipinski definition) is 3. The van der Waals surface area contributed by atoms with Crippen molar-refractivity contribution in [3.8, 4) is 11.5 Å². The van der Waals surface area contributed by atoms with Gasteiger partial charge in [0.2, 0.25) is 5.91 Å². The average molecular weight is 311 g/mol. The second kappa shape index (κ2) is 7.29. The molecule has 1 unspecified atom stereocenters. The van der Waals surface area contributed by atoms with Gasteiger partial charge in [-0.3, -0.25) is 4.79 Å². The fourth-order valence-electron chi connectivity index (χ4n) is 2.68. The van der Waals surface area contributed by atoms with Crippen LogP contribution in [0, 0.1) is 5.92 Å². The number of rotatable bonds is 5. The zero-order valence-electron chi connectivity index (χ0n) is 13.3. The van der Waals surface area contributed by atoms with Gasteiger partial charge in [0.25, 0.3) is 0 Å². The summed E-state index contributed by atoms with van der Waals surface area (Å²) < 4.78 is 11.1. The fourth-order valence-corrected chi connectivity index (χ4v) is 2.68. The first-order valence-electron chi connectivity index (χ1n) is 7.87. The molecule has 1 aliphatic heterocycles. The zero-order chi connectivity index (χ0) is 16.1. The van der Waals surface area contributed by atoms with Crippen LogP contribution in [0.15, 0.2) is 54.6 Å². The summed E-state index contributed by atoms with van der Waals surface area (Å²) in [6, 6.07) is 17.5. The quantitative estimate of drug-likeness (QED) is 0.848. The van der Waals surface area contributed by atoms with E-state index in [2.05, 4.69) is 0 Å². The maximum atomic E-state index is 12.3. The monoisotopic (exact) mass is 311 g/mol. The van der Waals surface area contributed by atoms with E-state index in [9.17, 15) is 4.79 Å². The van der Waals surface area contributed by atoms with Crippen LogP contribution in [0.3, 0.4) is 0 Å². The van der Waals surface area contributed by atoms with Crippen LogP contribution in [-0.4, -0.2) is 31.1 Å². The van der Waals surface area contributed by atoms with Gasteiger partial charge in [-0.15, -0.1) is 0 Å². The highest BCUT2D eigenvalue weighted by atomic mass is 16.5. The van der Waals surface area contributed by atoms with E-state index in [-0.39, 0.29) is 11.8 Å². The highest BCUT2D eigenvalue weighted by Gasteiger charge is 2.26. The Labute approximate surface area is 136 Å². The fraction of sp³-hybridized carbons (Fsp3) is 0.316. The normalized spacial score (nSPS) is 17.0. The smallest absolute Gasteiger partial charge is 0.228 e. The molecule has 1 fully saturated rings. The van der Waals surface area contributed by atoms with Gasteiger partial charge in [-0.05, 0) is 36.2 Å². The molecule has 4 nitrogen and oxygen atoms in total. The summed E-state index contributed by atoms with van der Waals surface area (Å²) in [4.78, 5) is 14.0. The number of ether oxygens (including phenoxy) is 2. The van der Waals surface area contributed by atoms with E-state index in [1.54, 1.807) is 4.90 Å². The van der Waals surface area contributed by atoms with Crippen LogP contribution in [0.1, 0.15) is 12.0 Å². The Kier molecular flexibility index (Phi) is 4.93. The number of carbonyl (C=O) groups is 1. The molecule has 3 rings (SSSR count). The molecule has 1 saturated heterocycles. The van der Waals surface area contributed by atoms with Crippen molar-refractivity contribution in [2.75, 3.05) is 20.3 Å². The van der Waals surface area contributed by atoms with E-state index in [1.807, 2.05) is 61.6 Å². The largest absolute Gasteiger partial charge is 0.457 e.